The van der Waals surface area contributed by atoms with Gasteiger partial charge < -0.3 is 5.73 Å². The molecule has 4 nitrogen and oxygen atoms in total. The third-order valence-corrected chi connectivity index (χ3v) is 3.33. The Bertz CT molecular complexity index is 330. The molecule has 2 N–H and O–H groups in total. The molecular formula is C12H22N4. The molecule has 1 aromatic rings. The van der Waals surface area contributed by atoms with Crippen molar-refractivity contribution < 1.29 is 0 Å². The van der Waals surface area contributed by atoms with Gasteiger partial charge in [-0.3, -0.25) is 9.58 Å². The number of likely N-dealkylation sites (N-methyl/N-ethyl adjacent to an activating group) is 1. The fourth-order valence-corrected chi connectivity index (χ4v) is 2.18. The summed E-state index contributed by atoms with van der Waals surface area (Å²) in [6.45, 7) is 3.83. The van der Waals surface area contributed by atoms with Gasteiger partial charge in [0, 0.05) is 30.9 Å². The molecule has 16 heavy (non-hydrogen) atoms. The smallest absolute Gasteiger partial charge is 0.0538 e. The number of aryl methyl sites for hydroxylation is 1. The van der Waals surface area contributed by atoms with Crippen molar-refractivity contribution in [3.8, 4) is 0 Å². The van der Waals surface area contributed by atoms with E-state index >= 15 is 0 Å². The molecule has 1 heterocycles. The van der Waals surface area contributed by atoms with Crippen molar-refractivity contribution in [3.63, 3.8) is 0 Å². The number of nitrogens with zero attached hydrogens (tertiary/aromatic N) is 3. The number of hydrogen-bond donors (Lipinski definition) is 1. The molecule has 0 spiro atoms. The van der Waals surface area contributed by atoms with Crippen LogP contribution in [0, 0.1) is 0 Å². The summed E-state index contributed by atoms with van der Waals surface area (Å²) >= 11 is 0. The topological polar surface area (TPSA) is 47.1 Å². The third-order valence-electron chi connectivity index (χ3n) is 3.33. The van der Waals surface area contributed by atoms with Crippen LogP contribution in [0.2, 0.25) is 0 Å². The van der Waals surface area contributed by atoms with Crippen molar-refractivity contribution in [1.29, 1.82) is 0 Å². The standard InChI is InChI=1S/C12H22N4/c1-3-6-16-9-10(8-14-16)12(7-13)15(2)11-4-5-11/h8-9,11-12H,3-7,13H2,1-2H3. The Morgan fingerprint density at radius 1 is 1.62 bits per heavy atom. The third kappa shape index (κ3) is 2.44. The number of aromatic nitrogens is 2. The normalized spacial score (nSPS) is 18.0. The first kappa shape index (κ1) is 11.6. The minimum atomic E-state index is 0.332. The van der Waals surface area contributed by atoms with Crippen LogP contribution in [0.25, 0.3) is 0 Å². The van der Waals surface area contributed by atoms with Gasteiger partial charge >= 0.3 is 0 Å². The predicted molar refractivity (Wildman–Crippen MR) is 65.1 cm³/mol. The van der Waals surface area contributed by atoms with Crippen LogP contribution in [0.1, 0.15) is 37.8 Å². The highest BCUT2D eigenvalue weighted by atomic mass is 15.3. The summed E-state index contributed by atoms with van der Waals surface area (Å²) in [7, 11) is 2.17. The van der Waals surface area contributed by atoms with Crippen molar-refractivity contribution >= 4 is 0 Å². The summed E-state index contributed by atoms with van der Waals surface area (Å²) in [4.78, 5) is 2.40. The van der Waals surface area contributed by atoms with E-state index < -0.39 is 0 Å². The summed E-state index contributed by atoms with van der Waals surface area (Å²) < 4.78 is 2.01. The van der Waals surface area contributed by atoms with Crippen molar-refractivity contribution in [2.75, 3.05) is 13.6 Å². The van der Waals surface area contributed by atoms with Crippen LogP contribution < -0.4 is 5.73 Å². The van der Waals surface area contributed by atoms with Crippen molar-refractivity contribution in [1.82, 2.24) is 14.7 Å². The van der Waals surface area contributed by atoms with Crippen LogP contribution >= 0.6 is 0 Å². The number of rotatable bonds is 6. The predicted octanol–water partition coefficient (Wildman–Crippen LogP) is 1.39. The van der Waals surface area contributed by atoms with E-state index in [9.17, 15) is 0 Å². The Balaban J connectivity index is 2.06. The fourth-order valence-electron chi connectivity index (χ4n) is 2.18. The first-order chi connectivity index (χ1) is 7.76. The molecule has 1 atom stereocenters. The van der Waals surface area contributed by atoms with Crippen molar-refractivity contribution in [3.05, 3.63) is 18.0 Å². The number of hydrogen-bond acceptors (Lipinski definition) is 3. The largest absolute Gasteiger partial charge is 0.329 e. The van der Waals surface area contributed by atoms with Gasteiger partial charge in [-0.05, 0) is 26.3 Å². The number of nitrogens with two attached hydrogens (primary N) is 1. The SMILES string of the molecule is CCCn1cc(C(CN)N(C)C2CC2)cn1. The molecule has 0 aliphatic heterocycles. The van der Waals surface area contributed by atoms with Gasteiger partial charge in [0.05, 0.1) is 12.2 Å². The van der Waals surface area contributed by atoms with Crippen LogP contribution in [0.4, 0.5) is 0 Å². The highest BCUT2D eigenvalue weighted by Gasteiger charge is 2.31. The lowest BCUT2D eigenvalue weighted by Gasteiger charge is -2.25. The maximum atomic E-state index is 5.88. The molecule has 1 aliphatic rings. The average Bonchev–Trinajstić information content (AvgIpc) is 3.03. The monoisotopic (exact) mass is 222 g/mol. The Kier molecular flexibility index (Phi) is 3.61. The van der Waals surface area contributed by atoms with Gasteiger partial charge in [0.15, 0.2) is 0 Å². The van der Waals surface area contributed by atoms with E-state index in [1.165, 1.54) is 18.4 Å². The first-order valence-electron chi connectivity index (χ1n) is 6.20. The minimum absolute atomic E-state index is 0.332. The van der Waals surface area contributed by atoms with Gasteiger partial charge in [-0.25, -0.2) is 0 Å². The molecule has 1 aromatic heterocycles. The minimum Gasteiger partial charge on any atom is -0.329 e. The second kappa shape index (κ2) is 4.97. The molecule has 0 bridgehead atoms. The van der Waals surface area contributed by atoms with Gasteiger partial charge in [0.25, 0.3) is 0 Å². The van der Waals surface area contributed by atoms with E-state index in [0.717, 1.165) is 19.0 Å². The van der Waals surface area contributed by atoms with Crippen molar-refractivity contribution in [2.24, 2.45) is 5.73 Å². The van der Waals surface area contributed by atoms with Gasteiger partial charge in [-0.1, -0.05) is 6.92 Å². The summed E-state index contributed by atoms with van der Waals surface area (Å²) in [6, 6.07) is 1.07. The van der Waals surface area contributed by atoms with Gasteiger partial charge in [0.1, 0.15) is 0 Å². The lowest BCUT2D eigenvalue weighted by atomic mass is 10.1. The summed E-state index contributed by atoms with van der Waals surface area (Å²) in [6.07, 6.45) is 7.85. The van der Waals surface area contributed by atoms with Gasteiger partial charge in [-0.15, -0.1) is 0 Å². The Morgan fingerprint density at radius 3 is 2.94 bits per heavy atom. The molecule has 0 aromatic carbocycles. The fraction of sp³-hybridized carbons (Fsp3) is 0.750. The van der Waals surface area contributed by atoms with Crippen LogP contribution in [0.15, 0.2) is 12.4 Å². The Hall–Kier alpha value is -0.870. The summed E-state index contributed by atoms with van der Waals surface area (Å²) in [5, 5.41) is 4.37. The maximum absolute atomic E-state index is 5.88. The molecule has 0 radical (unpaired) electrons. The second-order valence-corrected chi connectivity index (χ2v) is 4.68. The zero-order valence-electron chi connectivity index (χ0n) is 10.3. The Labute approximate surface area is 97.4 Å². The second-order valence-electron chi connectivity index (χ2n) is 4.68. The zero-order valence-corrected chi connectivity index (χ0v) is 10.3. The summed E-state index contributed by atoms with van der Waals surface area (Å²) in [5.41, 5.74) is 7.13. The van der Waals surface area contributed by atoms with Gasteiger partial charge in [-0.2, -0.15) is 5.10 Å². The lowest BCUT2D eigenvalue weighted by Crippen LogP contribution is -2.31. The van der Waals surface area contributed by atoms with Gasteiger partial charge in [0.2, 0.25) is 0 Å². The highest BCUT2D eigenvalue weighted by Crippen LogP contribution is 2.32. The van der Waals surface area contributed by atoms with Crippen LogP contribution in [-0.2, 0) is 6.54 Å². The maximum Gasteiger partial charge on any atom is 0.0538 e. The lowest BCUT2D eigenvalue weighted by molar-refractivity contribution is 0.240. The van der Waals surface area contributed by atoms with E-state index in [4.69, 9.17) is 5.73 Å². The molecular weight excluding hydrogens is 200 g/mol. The zero-order chi connectivity index (χ0) is 11.5. The molecule has 1 saturated carbocycles. The van der Waals surface area contributed by atoms with E-state index in [-0.39, 0.29) is 0 Å². The quantitative estimate of drug-likeness (QED) is 0.791. The summed E-state index contributed by atoms with van der Waals surface area (Å²) in [5.74, 6) is 0. The van der Waals surface area contributed by atoms with E-state index in [1.54, 1.807) is 0 Å². The molecule has 4 heteroatoms. The van der Waals surface area contributed by atoms with Crippen LogP contribution in [0.3, 0.4) is 0 Å². The first-order valence-corrected chi connectivity index (χ1v) is 6.20. The molecule has 0 saturated heterocycles. The molecule has 90 valence electrons. The highest BCUT2D eigenvalue weighted by molar-refractivity contribution is 5.12. The van der Waals surface area contributed by atoms with Crippen LogP contribution in [-0.4, -0.2) is 34.3 Å². The van der Waals surface area contributed by atoms with E-state index in [2.05, 4.69) is 30.2 Å². The molecule has 1 fully saturated rings. The van der Waals surface area contributed by atoms with Crippen molar-refractivity contribution in [2.45, 2.75) is 44.8 Å². The molecule has 0 amide bonds. The molecule has 2 rings (SSSR count). The average molecular weight is 222 g/mol. The van der Waals surface area contributed by atoms with E-state index in [1.807, 2.05) is 10.9 Å². The Morgan fingerprint density at radius 2 is 2.38 bits per heavy atom. The van der Waals surface area contributed by atoms with Crippen LogP contribution in [0.5, 0.6) is 0 Å². The van der Waals surface area contributed by atoms with E-state index in [0.29, 0.717) is 12.6 Å². The molecule has 1 unspecified atom stereocenters. The molecule has 1 aliphatic carbocycles.